The topological polar surface area (TPSA) is 69.0 Å². The summed E-state index contributed by atoms with van der Waals surface area (Å²) in [4.78, 5) is 22.5. The highest BCUT2D eigenvalue weighted by Gasteiger charge is 2.19. The lowest BCUT2D eigenvalue weighted by molar-refractivity contribution is 0.0704. The van der Waals surface area contributed by atoms with E-state index in [0.717, 1.165) is 43.6 Å². The fourth-order valence-electron chi connectivity index (χ4n) is 3.13. The first kappa shape index (κ1) is 16.2. The van der Waals surface area contributed by atoms with Gasteiger partial charge >= 0.3 is 0 Å². The van der Waals surface area contributed by atoms with Crippen LogP contribution in [0.25, 0.3) is 11.2 Å². The molecule has 3 aromatic rings. The van der Waals surface area contributed by atoms with Crippen molar-refractivity contribution in [2.75, 3.05) is 19.8 Å². The average molecular weight is 356 g/mol. The molecule has 6 nitrogen and oxygen atoms in total. The molecule has 1 aliphatic rings. The summed E-state index contributed by atoms with van der Waals surface area (Å²) >= 11 is 1.70. The Morgan fingerprint density at radius 1 is 1.36 bits per heavy atom. The van der Waals surface area contributed by atoms with Crippen LogP contribution in [0.2, 0.25) is 0 Å². The minimum absolute atomic E-state index is 0.105. The maximum Gasteiger partial charge on any atom is 0.252 e. The second kappa shape index (κ2) is 7.33. The van der Waals surface area contributed by atoms with Gasteiger partial charge in [-0.05, 0) is 36.8 Å². The lowest BCUT2D eigenvalue weighted by Crippen LogP contribution is -2.25. The number of nitrogens with one attached hydrogen (secondary N) is 1. The largest absolute Gasteiger partial charge is 0.381 e. The van der Waals surface area contributed by atoms with Crippen molar-refractivity contribution < 1.29 is 9.53 Å². The lowest BCUT2D eigenvalue weighted by Gasteiger charge is -2.23. The fourth-order valence-corrected chi connectivity index (χ4v) is 3.84. The summed E-state index contributed by atoms with van der Waals surface area (Å²) in [5.41, 5.74) is 2.15. The zero-order valence-corrected chi connectivity index (χ0v) is 14.7. The van der Waals surface area contributed by atoms with E-state index >= 15 is 0 Å². The molecular weight excluding hydrogens is 336 g/mol. The molecule has 3 aromatic heterocycles. The molecule has 1 fully saturated rings. The second-order valence-electron chi connectivity index (χ2n) is 6.15. The minimum atomic E-state index is -0.105. The molecule has 0 spiro atoms. The summed E-state index contributed by atoms with van der Waals surface area (Å²) in [6.45, 7) is 2.16. The Morgan fingerprint density at radius 2 is 2.24 bits per heavy atom. The highest BCUT2D eigenvalue weighted by Crippen LogP contribution is 2.24. The van der Waals surface area contributed by atoms with Crippen LogP contribution in [-0.4, -0.2) is 40.2 Å². The molecule has 1 N–H and O–H groups in total. The zero-order chi connectivity index (χ0) is 17.1. The van der Waals surface area contributed by atoms with Gasteiger partial charge in [-0.2, -0.15) is 0 Å². The van der Waals surface area contributed by atoms with Crippen molar-refractivity contribution in [1.82, 2.24) is 19.9 Å². The number of rotatable bonds is 5. The smallest absolute Gasteiger partial charge is 0.252 e. The van der Waals surface area contributed by atoms with E-state index in [1.54, 1.807) is 17.5 Å². The van der Waals surface area contributed by atoms with Crippen molar-refractivity contribution >= 4 is 28.4 Å². The van der Waals surface area contributed by atoms with Gasteiger partial charge in [0.1, 0.15) is 5.52 Å². The molecule has 0 aliphatic carbocycles. The number of imidazole rings is 1. The predicted molar refractivity (Wildman–Crippen MR) is 97.0 cm³/mol. The van der Waals surface area contributed by atoms with Crippen molar-refractivity contribution in [2.24, 2.45) is 0 Å². The third kappa shape index (κ3) is 3.57. The van der Waals surface area contributed by atoms with Gasteiger partial charge in [0.2, 0.25) is 0 Å². The number of fused-ring (bicyclic) bond motifs is 1. The van der Waals surface area contributed by atoms with Gasteiger partial charge in [-0.3, -0.25) is 4.79 Å². The fraction of sp³-hybridized carbons (Fsp3) is 0.389. The number of aromatic nitrogens is 3. The molecule has 1 saturated heterocycles. The SMILES string of the molecule is O=C(NCCc1cccs1)c1cnc2c(c1)ncn2C1CCOCC1. The number of ether oxygens (including phenoxy) is 1. The van der Waals surface area contributed by atoms with Crippen LogP contribution in [0.3, 0.4) is 0 Å². The summed E-state index contributed by atoms with van der Waals surface area (Å²) in [5.74, 6) is -0.105. The van der Waals surface area contributed by atoms with Gasteiger partial charge in [0, 0.05) is 36.9 Å². The number of hydrogen-bond donors (Lipinski definition) is 1. The molecule has 1 aliphatic heterocycles. The highest BCUT2D eigenvalue weighted by molar-refractivity contribution is 7.09. The molecule has 7 heteroatoms. The predicted octanol–water partition coefficient (Wildman–Crippen LogP) is 2.82. The van der Waals surface area contributed by atoms with Crippen LogP contribution < -0.4 is 5.32 Å². The number of amides is 1. The molecule has 0 aromatic carbocycles. The van der Waals surface area contributed by atoms with Gasteiger partial charge < -0.3 is 14.6 Å². The Hall–Kier alpha value is -2.25. The van der Waals surface area contributed by atoms with Gasteiger partial charge in [-0.25, -0.2) is 9.97 Å². The monoisotopic (exact) mass is 356 g/mol. The lowest BCUT2D eigenvalue weighted by atomic mass is 10.1. The molecule has 0 bridgehead atoms. The molecule has 4 heterocycles. The Balaban J connectivity index is 1.44. The number of hydrogen-bond acceptors (Lipinski definition) is 5. The molecular formula is C18H20N4O2S. The number of carbonyl (C=O) groups is 1. The quantitative estimate of drug-likeness (QED) is 0.763. The van der Waals surface area contributed by atoms with Gasteiger partial charge in [-0.1, -0.05) is 6.07 Å². The van der Waals surface area contributed by atoms with Gasteiger partial charge in [0.25, 0.3) is 5.91 Å². The van der Waals surface area contributed by atoms with E-state index in [1.807, 2.05) is 23.8 Å². The van der Waals surface area contributed by atoms with Crippen molar-refractivity contribution in [1.29, 1.82) is 0 Å². The second-order valence-corrected chi connectivity index (χ2v) is 7.18. The number of pyridine rings is 1. The van der Waals surface area contributed by atoms with Gasteiger partial charge in [-0.15, -0.1) is 11.3 Å². The van der Waals surface area contributed by atoms with Gasteiger partial charge in [0.05, 0.1) is 11.9 Å². The van der Waals surface area contributed by atoms with Crippen LogP contribution in [0.15, 0.2) is 36.1 Å². The first-order chi connectivity index (χ1) is 12.3. The average Bonchev–Trinajstić information content (AvgIpc) is 3.31. The van der Waals surface area contributed by atoms with E-state index in [4.69, 9.17) is 4.74 Å². The van der Waals surface area contributed by atoms with Crippen LogP contribution in [0.1, 0.15) is 34.1 Å². The van der Waals surface area contributed by atoms with Crippen molar-refractivity contribution in [3.63, 3.8) is 0 Å². The van der Waals surface area contributed by atoms with Crippen LogP contribution in [0.4, 0.5) is 0 Å². The van der Waals surface area contributed by atoms with Crippen LogP contribution >= 0.6 is 11.3 Å². The van der Waals surface area contributed by atoms with E-state index < -0.39 is 0 Å². The van der Waals surface area contributed by atoms with E-state index in [2.05, 4.69) is 25.9 Å². The summed E-state index contributed by atoms with van der Waals surface area (Å²) in [6, 6.07) is 6.29. The molecule has 0 radical (unpaired) electrons. The van der Waals surface area contributed by atoms with E-state index in [0.29, 0.717) is 18.2 Å². The first-order valence-corrected chi connectivity index (χ1v) is 9.40. The molecule has 25 heavy (non-hydrogen) atoms. The first-order valence-electron chi connectivity index (χ1n) is 8.52. The van der Waals surface area contributed by atoms with Crippen LogP contribution in [0, 0.1) is 0 Å². The molecule has 0 saturated carbocycles. The van der Waals surface area contributed by atoms with Crippen LogP contribution in [-0.2, 0) is 11.2 Å². The third-order valence-electron chi connectivity index (χ3n) is 4.50. The van der Waals surface area contributed by atoms with Crippen molar-refractivity contribution in [3.05, 3.63) is 46.5 Å². The van der Waals surface area contributed by atoms with Crippen molar-refractivity contribution in [2.45, 2.75) is 25.3 Å². The highest BCUT2D eigenvalue weighted by atomic mass is 32.1. The van der Waals surface area contributed by atoms with E-state index in [9.17, 15) is 4.79 Å². The zero-order valence-electron chi connectivity index (χ0n) is 13.9. The Morgan fingerprint density at radius 3 is 3.04 bits per heavy atom. The number of thiophene rings is 1. The van der Waals surface area contributed by atoms with Crippen LogP contribution in [0.5, 0.6) is 0 Å². The summed E-state index contributed by atoms with van der Waals surface area (Å²) in [7, 11) is 0. The maximum absolute atomic E-state index is 12.3. The number of nitrogens with zero attached hydrogens (tertiary/aromatic N) is 3. The Labute approximate surface area is 149 Å². The third-order valence-corrected chi connectivity index (χ3v) is 5.43. The van der Waals surface area contributed by atoms with E-state index in [1.165, 1.54) is 4.88 Å². The molecule has 4 rings (SSSR count). The Bertz CT molecular complexity index is 853. The standard InChI is InChI=1S/C18H20N4O2S/c23-18(19-6-3-15-2-1-9-25-15)13-10-16-17(20-11-13)22(12-21-16)14-4-7-24-8-5-14/h1-2,9-12,14H,3-8H2,(H,19,23). The van der Waals surface area contributed by atoms with E-state index in [-0.39, 0.29) is 5.91 Å². The summed E-state index contributed by atoms with van der Waals surface area (Å²) < 4.78 is 7.53. The van der Waals surface area contributed by atoms with Crippen molar-refractivity contribution in [3.8, 4) is 0 Å². The summed E-state index contributed by atoms with van der Waals surface area (Å²) in [5, 5.41) is 4.99. The molecule has 130 valence electrons. The van der Waals surface area contributed by atoms with Gasteiger partial charge in [0.15, 0.2) is 5.65 Å². The molecule has 1 amide bonds. The molecule has 0 unspecified atom stereocenters. The summed E-state index contributed by atoms with van der Waals surface area (Å²) in [6.07, 6.45) is 6.25. The minimum Gasteiger partial charge on any atom is -0.381 e. The maximum atomic E-state index is 12.3. The number of carbonyl (C=O) groups excluding carboxylic acids is 1. The normalized spacial score (nSPS) is 15.5. The molecule has 0 atom stereocenters. The Kier molecular flexibility index (Phi) is 4.76.